The maximum Gasteiger partial charge on any atom is 0.164 e. The molecule has 3 heterocycles. The van der Waals surface area contributed by atoms with Gasteiger partial charge in [-0.25, -0.2) is 29.9 Å². The van der Waals surface area contributed by atoms with E-state index < -0.39 is 0 Å². The lowest BCUT2D eigenvalue weighted by molar-refractivity contribution is 1.02. The van der Waals surface area contributed by atoms with Crippen molar-refractivity contribution in [3.8, 4) is 180 Å². The zero-order valence-electron chi connectivity index (χ0n) is 60.2. The van der Waals surface area contributed by atoms with Crippen molar-refractivity contribution in [1.29, 1.82) is 0 Å². The summed E-state index contributed by atoms with van der Waals surface area (Å²) in [5, 5.41) is 2.21. The monoisotopic (exact) mass is 1400 g/mol. The van der Waals surface area contributed by atoms with Gasteiger partial charge in [0.2, 0.25) is 0 Å². The van der Waals surface area contributed by atoms with Crippen LogP contribution in [-0.2, 0) is 7.05 Å². The van der Waals surface area contributed by atoms with Crippen LogP contribution in [0.5, 0.6) is 0 Å². The fourth-order valence-corrected chi connectivity index (χ4v) is 15.5. The lowest BCUT2D eigenvalue weighted by Crippen LogP contribution is -2.02. The third-order valence-electron chi connectivity index (χ3n) is 20.8. The van der Waals surface area contributed by atoms with Crippen molar-refractivity contribution in [2.75, 3.05) is 0 Å². The van der Waals surface area contributed by atoms with E-state index in [1.807, 2.05) is 0 Å². The first-order valence-corrected chi connectivity index (χ1v) is 37.2. The van der Waals surface area contributed by atoms with Crippen LogP contribution in [0.25, 0.3) is 201 Å². The van der Waals surface area contributed by atoms with Crippen LogP contribution >= 0.6 is 0 Å². The van der Waals surface area contributed by atoms with E-state index in [0.717, 1.165) is 166 Å². The summed E-state index contributed by atoms with van der Waals surface area (Å²) in [6.45, 7) is 0. The fourth-order valence-electron chi connectivity index (χ4n) is 15.5. The average molecular weight is 1400 g/mol. The van der Waals surface area contributed by atoms with Crippen LogP contribution in [0.4, 0.5) is 0 Å². The number of hydrogen-bond donors (Lipinski definition) is 0. The molecule has 0 saturated carbocycles. The van der Waals surface area contributed by atoms with Gasteiger partial charge in [0, 0.05) is 62.3 Å². The highest BCUT2D eigenvalue weighted by Gasteiger charge is 2.25. The molecule has 0 aliphatic rings. The molecule has 7 nitrogen and oxygen atoms in total. The van der Waals surface area contributed by atoms with Crippen LogP contribution < -0.4 is 0 Å². The molecule has 7 heteroatoms. The second-order valence-corrected chi connectivity index (χ2v) is 27.8. The first-order chi connectivity index (χ1) is 54.4. The Morgan fingerprint density at radius 1 is 0.145 bits per heavy atom. The second-order valence-electron chi connectivity index (χ2n) is 27.8. The quantitative estimate of drug-likeness (QED) is 0.0959. The first kappa shape index (κ1) is 66.1. The lowest BCUT2D eigenvalue weighted by Gasteiger charge is -2.16. The van der Waals surface area contributed by atoms with Crippen molar-refractivity contribution in [3.63, 3.8) is 0 Å². The van der Waals surface area contributed by atoms with E-state index in [1.54, 1.807) is 0 Å². The normalized spacial score (nSPS) is 11.3. The molecule has 0 fully saturated rings. The predicted octanol–water partition coefficient (Wildman–Crippen LogP) is 26.4. The van der Waals surface area contributed by atoms with E-state index >= 15 is 0 Å². The van der Waals surface area contributed by atoms with Crippen LogP contribution in [0.2, 0.25) is 0 Å². The van der Waals surface area contributed by atoms with Crippen LogP contribution in [0.15, 0.2) is 400 Å². The van der Waals surface area contributed by atoms with E-state index in [2.05, 4.69) is 412 Å². The molecule has 516 valence electrons. The molecule has 0 aliphatic heterocycles. The number of nitrogens with zero attached hydrogens (tertiary/aromatic N) is 7. The lowest BCUT2D eigenvalue weighted by atomic mass is 9.94. The smallest absolute Gasteiger partial charge is 0.164 e. The molecule has 0 radical (unpaired) electrons. The maximum absolute atomic E-state index is 5.63. The molecule has 19 rings (SSSR count). The molecule has 0 atom stereocenters. The van der Waals surface area contributed by atoms with E-state index in [-0.39, 0.29) is 0 Å². The summed E-state index contributed by atoms with van der Waals surface area (Å²) >= 11 is 0. The molecule has 0 unspecified atom stereocenters. The first-order valence-electron chi connectivity index (χ1n) is 37.2. The Labute approximate surface area is 639 Å². The van der Waals surface area contributed by atoms with Crippen molar-refractivity contribution in [1.82, 2.24) is 34.5 Å². The fraction of sp³-hybridized carbons (Fsp3) is 0.00971. The third-order valence-corrected chi connectivity index (χ3v) is 20.8. The van der Waals surface area contributed by atoms with Crippen LogP contribution in [-0.4, -0.2) is 34.5 Å². The number of para-hydroxylation sites is 2. The van der Waals surface area contributed by atoms with Crippen molar-refractivity contribution in [3.05, 3.63) is 400 Å². The number of rotatable bonds is 16. The van der Waals surface area contributed by atoms with E-state index in [9.17, 15) is 0 Å². The number of hydrogen-bond acceptors (Lipinski definition) is 6. The molecule has 0 N–H and O–H groups in total. The minimum absolute atomic E-state index is 0.547. The van der Waals surface area contributed by atoms with Gasteiger partial charge >= 0.3 is 0 Å². The number of aromatic nitrogens is 7. The zero-order chi connectivity index (χ0) is 73.3. The highest BCUT2D eigenvalue weighted by molar-refractivity contribution is 6.17. The molecule has 0 amide bonds. The summed E-state index contributed by atoms with van der Waals surface area (Å²) in [6.07, 6.45) is 0. The van der Waals surface area contributed by atoms with Gasteiger partial charge in [-0.15, -0.1) is 0 Å². The van der Waals surface area contributed by atoms with Crippen molar-refractivity contribution < 1.29 is 0 Å². The van der Waals surface area contributed by atoms with E-state index in [4.69, 9.17) is 29.9 Å². The minimum Gasteiger partial charge on any atom is -0.343 e. The Bertz CT molecular complexity index is 5690. The molecule has 110 heavy (non-hydrogen) atoms. The summed E-state index contributed by atoms with van der Waals surface area (Å²) in [4.78, 5) is 33.7. The molecule has 19 aromatic rings. The molecule has 0 aliphatic carbocycles. The van der Waals surface area contributed by atoms with Gasteiger partial charge in [0.05, 0.1) is 11.0 Å². The Hall–Kier alpha value is -14.7. The van der Waals surface area contributed by atoms with Gasteiger partial charge in [0.25, 0.3) is 0 Å². The standard InChI is InChI=1S/C103H69N7/c1-110-96-90(88-48-26-28-50-94(88)102-106-98(84-60-76(68-32-10-2-11-33-68)56-77(61-84)69-34-12-3-13-35-69)104-99(107-102)85-62-78(70-36-14-4-15-37-70)57-79(63-85)71-38-16-5-17-39-71)52-30-54-92(96)93-55-31-53-91(97(93)110)89-49-27-29-51-95(89)103-108-100(86-64-80(72-40-18-6-19-41-72)58-81(65-86)73-42-20-7-21-43-73)105-101(109-103)87-66-82(74-44-22-8-23-45-74)59-83(67-87)75-46-24-9-25-47-75/h2-67H,1H3. The van der Waals surface area contributed by atoms with Gasteiger partial charge < -0.3 is 4.57 Å². The van der Waals surface area contributed by atoms with Crippen molar-refractivity contribution >= 4 is 21.8 Å². The molecule has 16 aromatic carbocycles. The minimum atomic E-state index is 0.547. The largest absolute Gasteiger partial charge is 0.343 e. The highest BCUT2D eigenvalue weighted by Crippen LogP contribution is 2.46. The van der Waals surface area contributed by atoms with Crippen LogP contribution in [0.3, 0.4) is 0 Å². The summed E-state index contributed by atoms with van der Waals surface area (Å²) in [7, 11) is 2.20. The molecular weight excluding hydrogens is 1340 g/mol. The highest BCUT2D eigenvalue weighted by atomic mass is 15.0. The Morgan fingerprint density at radius 2 is 0.318 bits per heavy atom. The molecule has 0 saturated heterocycles. The maximum atomic E-state index is 5.63. The van der Waals surface area contributed by atoms with Crippen LogP contribution in [0.1, 0.15) is 0 Å². The van der Waals surface area contributed by atoms with Crippen molar-refractivity contribution in [2.45, 2.75) is 0 Å². The summed E-state index contributed by atoms with van der Waals surface area (Å²) < 4.78 is 2.37. The molecule has 0 spiro atoms. The SMILES string of the molecule is Cn1c2c(-c3ccccc3-c3nc(-c4cc(-c5ccccc5)cc(-c5ccccc5)c4)nc(-c4cc(-c5ccccc5)cc(-c5ccccc5)c4)n3)cccc2c2cccc(-c3ccccc3-c3nc(-c4cc(-c5ccccc5)cc(-c5ccccc5)c4)nc(-c4cc(-c5ccccc5)cc(-c5ccccc5)c4)n3)c21. The topological polar surface area (TPSA) is 82.3 Å². The second kappa shape index (κ2) is 29.0. The summed E-state index contributed by atoms with van der Waals surface area (Å²) in [6, 6.07) is 142. The Balaban J connectivity index is 0.799. The summed E-state index contributed by atoms with van der Waals surface area (Å²) in [5.74, 6) is 3.32. The van der Waals surface area contributed by atoms with E-state index in [0.29, 0.717) is 34.9 Å². The van der Waals surface area contributed by atoms with Gasteiger partial charge in [0.15, 0.2) is 34.9 Å². The van der Waals surface area contributed by atoms with Gasteiger partial charge in [-0.05, 0) is 173 Å². The number of aryl methyl sites for hydroxylation is 1. The van der Waals surface area contributed by atoms with Gasteiger partial charge in [-0.3, -0.25) is 0 Å². The van der Waals surface area contributed by atoms with Gasteiger partial charge in [-0.1, -0.05) is 328 Å². The number of fused-ring (bicyclic) bond motifs is 3. The van der Waals surface area contributed by atoms with E-state index in [1.165, 1.54) is 0 Å². The van der Waals surface area contributed by atoms with Crippen molar-refractivity contribution in [2.24, 2.45) is 7.05 Å². The third kappa shape index (κ3) is 13.0. The Kier molecular flexibility index (Phi) is 17.4. The van der Waals surface area contributed by atoms with Gasteiger partial charge in [-0.2, -0.15) is 0 Å². The Morgan fingerprint density at radius 3 is 0.536 bits per heavy atom. The summed E-state index contributed by atoms with van der Waals surface area (Å²) in [5.41, 5.74) is 28.5. The number of benzene rings is 16. The molecule has 3 aromatic heterocycles. The predicted molar refractivity (Wildman–Crippen MR) is 454 cm³/mol. The molecule has 0 bridgehead atoms. The average Bonchev–Trinajstić information content (AvgIpc) is 1.58. The van der Waals surface area contributed by atoms with Crippen LogP contribution in [0, 0.1) is 0 Å². The zero-order valence-corrected chi connectivity index (χ0v) is 60.2. The van der Waals surface area contributed by atoms with Gasteiger partial charge in [0.1, 0.15) is 0 Å². The molecular formula is C103H69N7.